The van der Waals surface area contributed by atoms with Gasteiger partial charge in [0, 0.05) is 19.2 Å². The number of carbonyl (C=O) groups excluding carboxylic acids is 1. The molecule has 1 amide bonds. The molecular weight excluding hydrogens is 252 g/mol. The predicted octanol–water partition coefficient (Wildman–Crippen LogP) is 2.31. The van der Waals surface area contributed by atoms with Crippen LogP contribution >= 0.6 is 0 Å². The quantitative estimate of drug-likeness (QED) is 0.787. The van der Waals surface area contributed by atoms with Gasteiger partial charge in [0.1, 0.15) is 6.10 Å². The van der Waals surface area contributed by atoms with Gasteiger partial charge in [0.25, 0.3) is 5.91 Å². The summed E-state index contributed by atoms with van der Waals surface area (Å²) in [6, 6.07) is 0.410. The van der Waals surface area contributed by atoms with E-state index in [-0.39, 0.29) is 12.0 Å². The van der Waals surface area contributed by atoms with Crippen molar-refractivity contribution in [1.29, 1.82) is 0 Å². The van der Waals surface area contributed by atoms with Crippen LogP contribution in [0.4, 0.5) is 0 Å². The Morgan fingerprint density at radius 2 is 1.90 bits per heavy atom. The lowest BCUT2D eigenvalue weighted by molar-refractivity contribution is -0.145. The Balaban J connectivity index is 2.02. The second kappa shape index (κ2) is 7.99. The number of carbonyl (C=O) groups is 1. The molecule has 4 nitrogen and oxygen atoms in total. The van der Waals surface area contributed by atoms with Gasteiger partial charge in [-0.05, 0) is 38.1 Å². The standard InChI is InChI=1S/C16H30N2O2/c1-13-9-12-20-15(13)16(19)18(11-6-10-17)14-7-4-2-3-5-8-14/h13-15H,2-12,17H2,1H3. The van der Waals surface area contributed by atoms with Crippen LogP contribution in [-0.2, 0) is 9.53 Å². The first kappa shape index (κ1) is 15.8. The van der Waals surface area contributed by atoms with Crippen LogP contribution in [0.5, 0.6) is 0 Å². The van der Waals surface area contributed by atoms with E-state index in [1.165, 1.54) is 25.7 Å². The molecule has 2 N–H and O–H groups in total. The zero-order valence-corrected chi connectivity index (χ0v) is 12.9. The molecule has 0 spiro atoms. The highest BCUT2D eigenvalue weighted by Gasteiger charge is 2.36. The van der Waals surface area contributed by atoms with Gasteiger partial charge in [0.2, 0.25) is 0 Å². The average Bonchev–Trinajstić information content (AvgIpc) is 2.71. The smallest absolute Gasteiger partial charge is 0.252 e. The molecule has 0 aromatic rings. The van der Waals surface area contributed by atoms with Crippen LogP contribution in [0.1, 0.15) is 58.3 Å². The summed E-state index contributed by atoms with van der Waals surface area (Å²) in [7, 11) is 0. The first-order valence-electron chi connectivity index (χ1n) is 8.36. The molecule has 1 heterocycles. The van der Waals surface area contributed by atoms with E-state index in [0.717, 1.165) is 38.8 Å². The molecule has 1 saturated heterocycles. The summed E-state index contributed by atoms with van der Waals surface area (Å²) < 4.78 is 5.69. The Kier molecular flexibility index (Phi) is 6.30. The second-order valence-corrected chi connectivity index (χ2v) is 6.38. The largest absolute Gasteiger partial charge is 0.368 e. The van der Waals surface area contributed by atoms with Crippen LogP contribution in [0.25, 0.3) is 0 Å². The molecule has 2 atom stereocenters. The maximum Gasteiger partial charge on any atom is 0.252 e. The van der Waals surface area contributed by atoms with Crippen molar-refractivity contribution in [3.8, 4) is 0 Å². The zero-order valence-electron chi connectivity index (χ0n) is 12.9. The molecule has 2 aliphatic rings. The van der Waals surface area contributed by atoms with E-state index in [9.17, 15) is 4.79 Å². The van der Waals surface area contributed by atoms with Gasteiger partial charge >= 0.3 is 0 Å². The van der Waals surface area contributed by atoms with E-state index < -0.39 is 0 Å². The summed E-state index contributed by atoms with van der Waals surface area (Å²) >= 11 is 0. The summed E-state index contributed by atoms with van der Waals surface area (Å²) in [6.07, 6.45) is 9.11. The van der Waals surface area contributed by atoms with Crippen LogP contribution in [0.3, 0.4) is 0 Å². The van der Waals surface area contributed by atoms with E-state index in [1.807, 2.05) is 0 Å². The van der Waals surface area contributed by atoms with Crippen molar-refractivity contribution in [3.05, 3.63) is 0 Å². The number of amides is 1. The summed E-state index contributed by atoms with van der Waals surface area (Å²) in [5.74, 6) is 0.573. The summed E-state index contributed by atoms with van der Waals surface area (Å²) in [5, 5.41) is 0. The molecule has 0 radical (unpaired) electrons. The molecule has 0 bridgehead atoms. The number of ether oxygens (including phenoxy) is 1. The average molecular weight is 282 g/mol. The third-order valence-electron chi connectivity index (χ3n) is 4.78. The minimum absolute atomic E-state index is 0.212. The minimum atomic E-state index is -0.212. The Morgan fingerprint density at radius 3 is 2.45 bits per heavy atom. The van der Waals surface area contributed by atoms with E-state index in [0.29, 0.717) is 18.5 Å². The van der Waals surface area contributed by atoms with Gasteiger partial charge in [0.15, 0.2) is 0 Å². The molecule has 1 aliphatic carbocycles. The number of hydrogen-bond acceptors (Lipinski definition) is 3. The maximum absolute atomic E-state index is 12.8. The molecule has 2 rings (SSSR count). The Hall–Kier alpha value is -0.610. The molecule has 0 aromatic heterocycles. The molecule has 1 aliphatic heterocycles. The topological polar surface area (TPSA) is 55.6 Å². The molecule has 0 aromatic carbocycles. The third kappa shape index (κ3) is 3.95. The first-order chi connectivity index (χ1) is 9.74. The number of rotatable bonds is 5. The highest BCUT2D eigenvalue weighted by molar-refractivity contribution is 5.81. The van der Waals surface area contributed by atoms with Gasteiger partial charge in [-0.2, -0.15) is 0 Å². The highest BCUT2D eigenvalue weighted by Crippen LogP contribution is 2.27. The third-order valence-corrected chi connectivity index (χ3v) is 4.78. The summed E-state index contributed by atoms with van der Waals surface area (Å²) in [4.78, 5) is 14.9. The van der Waals surface area contributed by atoms with E-state index in [2.05, 4.69) is 11.8 Å². The molecule has 4 heteroatoms. The van der Waals surface area contributed by atoms with Gasteiger partial charge in [0.05, 0.1) is 0 Å². The van der Waals surface area contributed by atoms with Crippen LogP contribution in [0.2, 0.25) is 0 Å². The van der Waals surface area contributed by atoms with E-state index in [4.69, 9.17) is 10.5 Å². The predicted molar refractivity (Wildman–Crippen MR) is 80.4 cm³/mol. The molecule has 116 valence electrons. The van der Waals surface area contributed by atoms with Crippen LogP contribution < -0.4 is 5.73 Å². The van der Waals surface area contributed by atoms with Crippen LogP contribution in [-0.4, -0.2) is 42.6 Å². The van der Waals surface area contributed by atoms with Gasteiger partial charge < -0.3 is 15.4 Å². The van der Waals surface area contributed by atoms with Crippen LogP contribution in [0.15, 0.2) is 0 Å². The van der Waals surface area contributed by atoms with Gasteiger partial charge in [-0.1, -0.05) is 32.6 Å². The summed E-state index contributed by atoms with van der Waals surface area (Å²) in [5.41, 5.74) is 5.65. The van der Waals surface area contributed by atoms with Crippen molar-refractivity contribution >= 4 is 5.91 Å². The number of nitrogens with two attached hydrogens (primary N) is 1. The van der Waals surface area contributed by atoms with Crippen molar-refractivity contribution < 1.29 is 9.53 Å². The lowest BCUT2D eigenvalue weighted by Crippen LogP contribution is -2.47. The van der Waals surface area contributed by atoms with Crippen molar-refractivity contribution in [2.75, 3.05) is 19.7 Å². The first-order valence-corrected chi connectivity index (χ1v) is 8.36. The molecule has 20 heavy (non-hydrogen) atoms. The van der Waals surface area contributed by atoms with Crippen molar-refractivity contribution in [3.63, 3.8) is 0 Å². The van der Waals surface area contributed by atoms with Crippen molar-refractivity contribution in [2.24, 2.45) is 11.7 Å². The lowest BCUT2D eigenvalue weighted by atomic mass is 10.00. The Morgan fingerprint density at radius 1 is 1.20 bits per heavy atom. The fourth-order valence-corrected chi connectivity index (χ4v) is 3.48. The fourth-order valence-electron chi connectivity index (χ4n) is 3.48. The SMILES string of the molecule is CC1CCOC1C(=O)N(CCCN)C1CCCCCC1. The van der Waals surface area contributed by atoms with Crippen molar-refractivity contribution in [1.82, 2.24) is 4.90 Å². The normalized spacial score (nSPS) is 28.3. The molecule has 2 unspecified atom stereocenters. The van der Waals surface area contributed by atoms with Gasteiger partial charge in [-0.25, -0.2) is 0 Å². The monoisotopic (exact) mass is 282 g/mol. The Labute approximate surface area is 123 Å². The van der Waals surface area contributed by atoms with Crippen molar-refractivity contribution in [2.45, 2.75) is 70.4 Å². The number of hydrogen-bond donors (Lipinski definition) is 1. The lowest BCUT2D eigenvalue weighted by Gasteiger charge is -2.34. The molecule has 2 fully saturated rings. The maximum atomic E-state index is 12.8. The van der Waals surface area contributed by atoms with Gasteiger partial charge in [-0.3, -0.25) is 4.79 Å². The minimum Gasteiger partial charge on any atom is -0.368 e. The fraction of sp³-hybridized carbons (Fsp3) is 0.938. The van der Waals surface area contributed by atoms with Crippen LogP contribution in [0, 0.1) is 5.92 Å². The Bertz CT molecular complexity index is 301. The van der Waals surface area contributed by atoms with E-state index in [1.54, 1.807) is 0 Å². The van der Waals surface area contributed by atoms with E-state index >= 15 is 0 Å². The molecular formula is C16H30N2O2. The second-order valence-electron chi connectivity index (χ2n) is 6.38. The number of nitrogens with zero attached hydrogens (tertiary/aromatic N) is 1. The highest BCUT2D eigenvalue weighted by atomic mass is 16.5. The summed E-state index contributed by atoms with van der Waals surface area (Å²) in [6.45, 7) is 4.31. The molecule has 1 saturated carbocycles. The van der Waals surface area contributed by atoms with Gasteiger partial charge in [-0.15, -0.1) is 0 Å². The zero-order chi connectivity index (χ0) is 14.4.